The minimum absolute atomic E-state index is 0.164. The Morgan fingerprint density at radius 2 is 2.25 bits per heavy atom. The number of rotatable bonds is 5. The maximum absolute atomic E-state index is 13.7. The van der Waals surface area contributed by atoms with Gasteiger partial charge in [-0.1, -0.05) is 13.0 Å². The molecular weight excluding hydrogens is 299 g/mol. The summed E-state index contributed by atoms with van der Waals surface area (Å²) in [5.41, 5.74) is 6.01. The fraction of sp³-hybridized carbons (Fsp3) is 0.308. The lowest BCUT2D eigenvalue weighted by Gasteiger charge is -2.03. The van der Waals surface area contributed by atoms with Crippen LogP contribution in [0.4, 0.5) is 10.1 Å². The summed E-state index contributed by atoms with van der Waals surface area (Å²) in [7, 11) is -0.926. The number of benzene rings is 1. The molecular formula is C13H15FN2O2S2. The van der Waals surface area contributed by atoms with Gasteiger partial charge in [0.2, 0.25) is 0 Å². The number of amides is 1. The second kappa shape index (κ2) is 6.32. The molecule has 20 heavy (non-hydrogen) atoms. The highest BCUT2D eigenvalue weighted by Gasteiger charge is 2.18. The second-order valence-electron chi connectivity index (χ2n) is 4.15. The number of halogens is 1. The predicted octanol–water partition coefficient (Wildman–Crippen LogP) is 2.12. The van der Waals surface area contributed by atoms with Crippen molar-refractivity contribution in [2.75, 3.05) is 23.8 Å². The van der Waals surface area contributed by atoms with Crippen molar-refractivity contribution in [3.63, 3.8) is 0 Å². The van der Waals surface area contributed by atoms with Gasteiger partial charge in [0.1, 0.15) is 10.7 Å². The van der Waals surface area contributed by atoms with Crippen LogP contribution in [0.5, 0.6) is 0 Å². The van der Waals surface area contributed by atoms with Crippen molar-refractivity contribution in [2.45, 2.75) is 6.92 Å². The molecule has 0 spiro atoms. The molecule has 0 saturated heterocycles. The van der Waals surface area contributed by atoms with Crippen LogP contribution in [0, 0.1) is 5.82 Å². The Hall–Kier alpha value is -1.47. The summed E-state index contributed by atoms with van der Waals surface area (Å²) < 4.78 is 25.6. The Labute approximate surface area is 122 Å². The number of carbonyl (C=O) groups excluding carboxylic acids is 1. The average Bonchev–Trinajstić information content (AvgIpc) is 2.77. The first-order valence-corrected chi connectivity index (χ1v) is 8.44. The van der Waals surface area contributed by atoms with Crippen LogP contribution in [0.3, 0.4) is 0 Å². The molecule has 1 aromatic carbocycles. The van der Waals surface area contributed by atoms with Crippen molar-refractivity contribution in [2.24, 2.45) is 0 Å². The van der Waals surface area contributed by atoms with E-state index in [-0.39, 0.29) is 11.6 Å². The van der Waals surface area contributed by atoms with Gasteiger partial charge in [-0.3, -0.25) is 9.00 Å². The molecule has 0 fully saturated rings. The van der Waals surface area contributed by atoms with E-state index in [1.807, 2.05) is 6.92 Å². The number of nitrogen functional groups attached to an aromatic ring is 1. The van der Waals surface area contributed by atoms with Gasteiger partial charge < -0.3 is 11.1 Å². The van der Waals surface area contributed by atoms with Gasteiger partial charge in [-0.25, -0.2) is 4.39 Å². The molecule has 4 nitrogen and oxygen atoms in total. The number of nitrogens with two attached hydrogens (primary N) is 1. The number of carbonyl (C=O) groups is 1. The molecule has 0 aliphatic rings. The van der Waals surface area contributed by atoms with E-state index in [4.69, 9.17) is 5.73 Å². The summed E-state index contributed by atoms with van der Waals surface area (Å²) >= 11 is 1.16. The van der Waals surface area contributed by atoms with Gasteiger partial charge in [-0.15, -0.1) is 11.3 Å². The molecule has 1 aromatic heterocycles. The first-order chi connectivity index (χ1) is 9.54. The largest absolute Gasteiger partial charge is 0.397 e. The van der Waals surface area contributed by atoms with Crippen LogP contribution in [0.2, 0.25) is 0 Å². The fourth-order valence-corrected chi connectivity index (χ4v) is 3.47. The Morgan fingerprint density at radius 1 is 1.50 bits per heavy atom. The molecule has 7 heteroatoms. The normalized spacial score (nSPS) is 12.5. The first kappa shape index (κ1) is 14.9. The van der Waals surface area contributed by atoms with Crippen molar-refractivity contribution in [1.29, 1.82) is 0 Å². The van der Waals surface area contributed by atoms with Gasteiger partial charge in [0, 0.05) is 33.5 Å². The van der Waals surface area contributed by atoms with Crippen LogP contribution < -0.4 is 11.1 Å². The highest BCUT2D eigenvalue weighted by atomic mass is 32.2. The molecule has 1 atom stereocenters. The number of anilines is 1. The molecule has 0 aliphatic heterocycles. The van der Waals surface area contributed by atoms with E-state index >= 15 is 0 Å². The van der Waals surface area contributed by atoms with Gasteiger partial charge in [-0.2, -0.15) is 0 Å². The molecule has 2 aromatic rings. The monoisotopic (exact) mass is 314 g/mol. The Balaban J connectivity index is 2.17. The van der Waals surface area contributed by atoms with Gasteiger partial charge in [0.25, 0.3) is 5.91 Å². The topological polar surface area (TPSA) is 72.2 Å². The number of fused-ring (bicyclic) bond motifs is 1. The number of hydrogen-bond donors (Lipinski definition) is 2. The summed E-state index contributed by atoms with van der Waals surface area (Å²) in [6.07, 6.45) is 0. The average molecular weight is 314 g/mol. The maximum atomic E-state index is 13.7. The first-order valence-electron chi connectivity index (χ1n) is 6.14. The number of thiophene rings is 1. The van der Waals surface area contributed by atoms with Crippen LogP contribution >= 0.6 is 11.3 Å². The van der Waals surface area contributed by atoms with E-state index < -0.39 is 16.6 Å². The lowest BCUT2D eigenvalue weighted by atomic mass is 10.2. The van der Waals surface area contributed by atoms with Crippen molar-refractivity contribution < 1.29 is 13.4 Å². The van der Waals surface area contributed by atoms with Gasteiger partial charge in [0.15, 0.2) is 0 Å². The molecule has 1 heterocycles. The van der Waals surface area contributed by atoms with Crippen LogP contribution in [-0.2, 0) is 10.8 Å². The zero-order chi connectivity index (χ0) is 14.7. The summed E-state index contributed by atoms with van der Waals surface area (Å²) in [5, 5.41) is 2.95. The molecule has 3 N–H and O–H groups in total. The minimum atomic E-state index is -0.926. The second-order valence-corrected chi connectivity index (χ2v) is 7.06. The van der Waals surface area contributed by atoms with Crippen LogP contribution in [0.15, 0.2) is 18.2 Å². The van der Waals surface area contributed by atoms with Crippen LogP contribution in [0.1, 0.15) is 16.6 Å². The zero-order valence-electron chi connectivity index (χ0n) is 10.9. The highest BCUT2D eigenvalue weighted by Crippen LogP contribution is 2.35. The summed E-state index contributed by atoms with van der Waals surface area (Å²) in [6.45, 7) is 2.14. The maximum Gasteiger partial charge on any atom is 0.263 e. The third-order valence-corrected chi connectivity index (χ3v) is 5.32. The van der Waals surface area contributed by atoms with Crippen molar-refractivity contribution in [3.8, 4) is 0 Å². The number of hydrogen-bond acceptors (Lipinski definition) is 4. The summed E-state index contributed by atoms with van der Waals surface area (Å²) in [4.78, 5) is 12.3. The van der Waals surface area contributed by atoms with Crippen molar-refractivity contribution in [1.82, 2.24) is 5.32 Å². The number of nitrogens with one attached hydrogen (secondary N) is 1. The summed E-state index contributed by atoms with van der Waals surface area (Å²) in [5.74, 6) is 0.187. The van der Waals surface area contributed by atoms with E-state index in [0.717, 1.165) is 11.3 Å². The van der Waals surface area contributed by atoms with E-state index in [1.165, 1.54) is 6.07 Å². The summed E-state index contributed by atoms with van der Waals surface area (Å²) in [6, 6.07) is 4.62. The smallest absolute Gasteiger partial charge is 0.263 e. The molecule has 2 rings (SSSR count). The Morgan fingerprint density at radius 3 is 2.90 bits per heavy atom. The van der Waals surface area contributed by atoms with E-state index in [2.05, 4.69) is 5.32 Å². The molecule has 0 radical (unpaired) electrons. The molecule has 0 bridgehead atoms. The Kier molecular flexibility index (Phi) is 4.72. The van der Waals surface area contributed by atoms with Crippen molar-refractivity contribution in [3.05, 3.63) is 28.9 Å². The molecule has 0 saturated carbocycles. The lowest BCUT2D eigenvalue weighted by Crippen LogP contribution is -2.27. The molecule has 108 valence electrons. The lowest BCUT2D eigenvalue weighted by molar-refractivity contribution is 0.0961. The Bertz CT molecular complexity index is 670. The quantitative estimate of drug-likeness (QED) is 0.888. The van der Waals surface area contributed by atoms with Gasteiger partial charge in [-0.05, 0) is 12.1 Å². The highest BCUT2D eigenvalue weighted by molar-refractivity contribution is 7.84. The van der Waals surface area contributed by atoms with Gasteiger partial charge >= 0.3 is 0 Å². The van der Waals surface area contributed by atoms with E-state index in [0.29, 0.717) is 33.0 Å². The molecule has 1 amide bonds. The van der Waals surface area contributed by atoms with Crippen LogP contribution in [0.25, 0.3) is 10.1 Å². The standard InChI is InChI=1S/C13H15FN2O2S2/c1-2-20(18)7-6-16-13(17)12-11(15)10-8(14)4-3-5-9(10)19-12/h3-5H,2,6-7,15H2,1H3,(H,16,17). The van der Waals surface area contributed by atoms with Crippen molar-refractivity contribution >= 4 is 43.8 Å². The van der Waals surface area contributed by atoms with E-state index in [1.54, 1.807) is 12.1 Å². The zero-order valence-corrected chi connectivity index (χ0v) is 12.6. The molecule has 1 unspecified atom stereocenters. The van der Waals surface area contributed by atoms with E-state index in [9.17, 15) is 13.4 Å². The fourth-order valence-electron chi connectivity index (χ4n) is 1.80. The minimum Gasteiger partial charge on any atom is -0.397 e. The van der Waals surface area contributed by atoms with Gasteiger partial charge in [0.05, 0.1) is 11.1 Å². The third-order valence-electron chi connectivity index (χ3n) is 2.84. The van der Waals surface area contributed by atoms with Crippen LogP contribution in [-0.4, -0.2) is 28.2 Å². The third kappa shape index (κ3) is 2.99. The SMILES string of the molecule is CCS(=O)CCNC(=O)c1sc2cccc(F)c2c1N. The predicted molar refractivity (Wildman–Crippen MR) is 82.1 cm³/mol. The molecule has 0 aliphatic carbocycles.